The van der Waals surface area contributed by atoms with Crippen LogP contribution in [0.1, 0.15) is 54.0 Å². The van der Waals surface area contributed by atoms with Crippen LogP contribution < -0.4 is 0 Å². The minimum Gasteiger partial charge on any atom is -0.0988 e. The van der Waals surface area contributed by atoms with Crippen LogP contribution in [0.15, 0.2) is 64.4 Å². The fourth-order valence-electron chi connectivity index (χ4n) is 2.07. The van der Waals surface area contributed by atoms with Crippen LogP contribution in [0.3, 0.4) is 0 Å². The zero-order valence-electron chi connectivity index (χ0n) is 15.2. The van der Waals surface area contributed by atoms with E-state index in [2.05, 4.69) is 91.5 Å². The molecular weight excluding hydrogens is 284 g/mol. The lowest BCUT2D eigenvalue weighted by Crippen LogP contribution is -2.10. The topological polar surface area (TPSA) is 0 Å². The predicted molar refractivity (Wildman–Crippen MR) is 102 cm³/mol. The third-order valence-electron chi connectivity index (χ3n) is 3.58. The Morgan fingerprint density at radius 1 is 0.955 bits per heavy atom. The highest BCUT2D eigenvalue weighted by Gasteiger charge is 2.14. The fraction of sp³-hybridized carbons (Fsp3) is 0.429. The molecule has 0 spiro atoms. The Kier molecular flexibility index (Phi) is 6.31. The minimum atomic E-state index is 0.136. The van der Waals surface area contributed by atoms with Crippen molar-refractivity contribution in [3.05, 3.63) is 65.1 Å². The smallest absolute Gasteiger partial charge is 0.0119 e. The molecule has 0 bridgehead atoms. The van der Waals surface area contributed by atoms with Crippen molar-refractivity contribution in [2.24, 2.45) is 5.41 Å². The van der Waals surface area contributed by atoms with E-state index in [1.54, 1.807) is 0 Å². The molecule has 0 saturated heterocycles. The summed E-state index contributed by atoms with van der Waals surface area (Å²) in [5.41, 5.74) is 2.98. The van der Waals surface area contributed by atoms with Gasteiger partial charge < -0.3 is 0 Å². The Morgan fingerprint density at radius 2 is 1.50 bits per heavy atom. The molecule has 0 N–H and O–H groups in total. The molecule has 1 aromatic rings. The number of hydrogen-bond acceptors (Lipinski definition) is 1. The highest BCUT2D eigenvalue weighted by molar-refractivity contribution is 8.03. The van der Waals surface area contributed by atoms with Crippen LogP contribution >= 0.6 is 11.8 Å². The summed E-state index contributed by atoms with van der Waals surface area (Å²) in [5.74, 6) is 0. The van der Waals surface area contributed by atoms with Crippen molar-refractivity contribution in [2.75, 3.05) is 0 Å². The van der Waals surface area contributed by atoms with Crippen LogP contribution in [0, 0.1) is 5.41 Å². The molecule has 0 amide bonds. The largest absolute Gasteiger partial charge is 0.0988 e. The van der Waals surface area contributed by atoms with Crippen molar-refractivity contribution in [2.45, 2.75) is 58.8 Å². The Labute approximate surface area is 141 Å². The molecule has 22 heavy (non-hydrogen) atoms. The summed E-state index contributed by atoms with van der Waals surface area (Å²) in [7, 11) is 0. The number of allylic oxidation sites excluding steroid dienone is 5. The molecule has 0 fully saturated rings. The number of benzene rings is 1. The van der Waals surface area contributed by atoms with Gasteiger partial charge in [0.15, 0.2) is 0 Å². The van der Waals surface area contributed by atoms with E-state index < -0.39 is 0 Å². The lowest BCUT2D eigenvalue weighted by atomic mass is 9.86. The van der Waals surface area contributed by atoms with Gasteiger partial charge in [-0.15, -0.1) is 0 Å². The van der Waals surface area contributed by atoms with E-state index in [-0.39, 0.29) is 10.8 Å². The van der Waals surface area contributed by atoms with Gasteiger partial charge in [-0.2, -0.15) is 0 Å². The molecule has 1 rings (SSSR count). The second-order valence-corrected chi connectivity index (χ2v) is 9.05. The van der Waals surface area contributed by atoms with Gasteiger partial charge in [-0.1, -0.05) is 90.2 Å². The van der Waals surface area contributed by atoms with Gasteiger partial charge >= 0.3 is 0 Å². The maximum atomic E-state index is 3.92. The first-order valence-corrected chi connectivity index (χ1v) is 8.65. The van der Waals surface area contributed by atoms with Gasteiger partial charge in [0.1, 0.15) is 0 Å². The minimum absolute atomic E-state index is 0.136. The Morgan fingerprint density at radius 3 is 1.91 bits per heavy atom. The van der Waals surface area contributed by atoms with Crippen molar-refractivity contribution in [3.8, 4) is 0 Å². The maximum absolute atomic E-state index is 3.92. The number of rotatable bonds is 4. The zero-order chi connectivity index (χ0) is 17.0. The summed E-state index contributed by atoms with van der Waals surface area (Å²) in [6.07, 6.45) is 6.32. The Balaban J connectivity index is 2.84. The third-order valence-corrected chi connectivity index (χ3v) is 4.55. The first-order valence-electron chi connectivity index (χ1n) is 7.84. The number of thioether (sulfide) groups is 1. The van der Waals surface area contributed by atoms with Crippen molar-refractivity contribution in [1.29, 1.82) is 0 Å². The molecule has 0 heterocycles. The molecule has 0 aliphatic heterocycles. The predicted octanol–water partition coefficient (Wildman–Crippen LogP) is 7.14. The lowest BCUT2D eigenvalue weighted by molar-refractivity contribution is 0.517. The highest BCUT2D eigenvalue weighted by Crippen LogP contribution is 2.31. The molecule has 0 aromatic heterocycles. The number of hydrogen-bond donors (Lipinski definition) is 0. The van der Waals surface area contributed by atoms with Crippen LogP contribution in [-0.2, 0) is 5.41 Å². The highest BCUT2D eigenvalue weighted by atomic mass is 32.2. The van der Waals surface area contributed by atoms with Gasteiger partial charge in [-0.3, -0.25) is 0 Å². The average Bonchev–Trinajstić information content (AvgIpc) is 2.37. The average molecular weight is 315 g/mol. The summed E-state index contributed by atoms with van der Waals surface area (Å²) in [6.45, 7) is 19.4. The summed E-state index contributed by atoms with van der Waals surface area (Å²) in [4.78, 5) is 2.57. The van der Waals surface area contributed by atoms with Crippen LogP contribution in [0.4, 0.5) is 0 Å². The SMILES string of the molecule is C=C/C(=C\C=C(/C)Sc1ccc(C(C)(C)C)cc1)C(C)(C)C. The van der Waals surface area contributed by atoms with Gasteiger partial charge in [-0.25, -0.2) is 0 Å². The van der Waals surface area contributed by atoms with Crippen molar-refractivity contribution < 1.29 is 0 Å². The Hall–Kier alpha value is -1.21. The van der Waals surface area contributed by atoms with E-state index in [9.17, 15) is 0 Å². The summed E-state index contributed by atoms with van der Waals surface area (Å²) < 4.78 is 0. The molecule has 1 aromatic carbocycles. The van der Waals surface area contributed by atoms with E-state index >= 15 is 0 Å². The molecule has 0 aliphatic rings. The molecule has 120 valence electrons. The summed E-state index contributed by atoms with van der Waals surface area (Å²) in [5, 5.41) is 0. The van der Waals surface area contributed by atoms with Gasteiger partial charge in [0.2, 0.25) is 0 Å². The molecular formula is C21H30S. The molecule has 0 radical (unpaired) electrons. The monoisotopic (exact) mass is 314 g/mol. The van der Waals surface area contributed by atoms with Gasteiger partial charge in [0.05, 0.1) is 0 Å². The normalized spacial score (nSPS) is 14.1. The summed E-state index contributed by atoms with van der Waals surface area (Å²) in [6, 6.07) is 8.89. The molecule has 0 atom stereocenters. The lowest BCUT2D eigenvalue weighted by Gasteiger charge is -2.19. The molecule has 0 aliphatic carbocycles. The summed E-state index contributed by atoms with van der Waals surface area (Å²) >= 11 is 1.81. The molecule has 0 nitrogen and oxygen atoms in total. The van der Waals surface area contributed by atoms with Crippen molar-refractivity contribution in [3.63, 3.8) is 0 Å². The van der Waals surface area contributed by atoms with Crippen LogP contribution in [-0.4, -0.2) is 0 Å². The van der Waals surface area contributed by atoms with E-state index in [1.165, 1.54) is 20.9 Å². The van der Waals surface area contributed by atoms with E-state index in [4.69, 9.17) is 0 Å². The van der Waals surface area contributed by atoms with Crippen LogP contribution in [0.5, 0.6) is 0 Å². The van der Waals surface area contributed by atoms with Crippen LogP contribution in [0.25, 0.3) is 0 Å². The molecule has 1 heteroatoms. The van der Waals surface area contributed by atoms with Crippen molar-refractivity contribution >= 4 is 11.8 Å². The fourth-order valence-corrected chi connectivity index (χ4v) is 2.85. The molecule has 0 unspecified atom stereocenters. The van der Waals surface area contributed by atoms with Crippen molar-refractivity contribution in [1.82, 2.24) is 0 Å². The van der Waals surface area contributed by atoms with Gasteiger partial charge in [0.25, 0.3) is 0 Å². The van der Waals surface area contributed by atoms with E-state index in [0.717, 1.165) is 0 Å². The third kappa shape index (κ3) is 5.88. The zero-order valence-corrected chi connectivity index (χ0v) is 16.0. The first kappa shape index (κ1) is 18.8. The van der Waals surface area contributed by atoms with E-state index in [1.807, 2.05) is 17.8 Å². The van der Waals surface area contributed by atoms with Gasteiger partial charge in [0, 0.05) is 4.90 Å². The van der Waals surface area contributed by atoms with Crippen LogP contribution in [0.2, 0.25) is 0 Å². The quantitative estimate of drug-likeness (QED) is 0.420. The second-order valence-electron chi connectivity index (χ2n) is 7.73. The van der Waals surface area contributed by atoms with Gasteiger partial charge in [-0.05, 0) is 45.9 Å². The second kappa shape index (κ2) is 7.37. The Bertz CT molecular complexity index is 557. The first-order chi connectivity index (χ1) is 10.0. The molecule has 0 saturated carbocycles. The maximum Gasteiger partial charge on any atom is 0.0119 e. The van der Waals surface area contributed by atoms with E-state index in [0.29, 0.717) is 0 Å². The standard InChI is InChI=1S/C21H30S/c1-9-17(20(3,4)5)11-10-16(2)22-19-14-12-18(13-15-19)21(6,7)8/h9-15H,1H2,2-8H3/b16-10+,17-11+.